The summed E-state index contributed by atoms with van der Waals surface area (Å²) in [5, 5.41) is 1.67. The molecule has 0 saturated heterocycles. The minimum atomic E-state index is -3.85. The quantitative estimate of drug-likeness (QED) is 0.173. The Morgan fingerprint density at radius 3 is 1.28 bits per heavy atom. The predicted molar refractivity (Wildman–Crippen MR) is 197 cm³/mol. The average molecular weight is 695 g/mol. The summed E-state index contributed by atoms with van der Waals surface area (Å²) in [6, 6.07) is 36.7. The van der Waals surface area contributed by atoms with Gasteiger partial charge >= 0.3 is 0 Å². The van der Waals surface area contributed by atoms with Crippen LogP contribution in [0.3, 0.4) is 0 Å². The van der Waals surface area contributed by atoms with E-state index >= 15 is 0 Å². The fourth-order valence-corrected chi connectivity index (χ4v) is 9.93. The van der Waals surface area contributed by atoms with E-state index in [9.17, 15) is 16.8 Å². The molecule has 8 nitrogen and oxygen atoms in total. The third kappa shape index (κ3) is 4.70. The maximum absolute atomic E-state index is 14.0. The number of sulfonamides is 2. The predicted octanol–water partition coefficient (Wildman–Crippen LogP) is 8.15. The van der Waals surface area contributed by atoms with Crippen LogP contribution in [0.25, 0.3) is 44.3 Å². The van der Waals surface area contributed by atoms with Gasteiger partial charge in [-0.15, -0.1) is 0 Å². The minimum Gasteiger partial charge on any atom is -0.261 e. The number of hydrogen-bond donors (Lipinski definition) is 0. The molecule has 2 aromatic heterocycles. The fourth-order valence-electron chi connectivity index (χ4n) is 7.00. The van der Waals surface area contributed by atoms with Crippen molar-refractivity contribution in [3.8, 4) is 22.5 Å². The maximum atomic E-state index is 14.0. The summed E-state index contributed by atoms with van der Waals surface area (Å²) in [5.41, 5.74) is 9.15. The van der Waals surface area contributed by atoms with Crippen molar-refractivity contribution in [2.24, 2.45) is 0 Å². The normalized spacial score (nSPS) is 13.9. The van der Waals surface area contributed by atoms with Crippen molar-refractivity contribution in [3.05, 3.63) is 144 Å². The summed E-state index contributed by atoms with van der Waals surface area (Å²) in [5.74, 6) is 0. The number of nitrogens with zero attached hydrogens (tertiary/aromatic N) is 4. The van der Waals surface area contributed by atoms with Crippen LogP contribution in [0, 0.1) is 13.8 Å². The molecule has 7 aromatic rings. The summed E-state index contributed by atoms with van der Waals surface area (Å²) in [6.45, 7) is 4.14. The van der Waals surface area contributed by atoms with Crippen molar-refractivity contribution >= 4 is 53.2 Å². The van der Waals surface area contributed by atoms with Gasteiger partial charge in [0.05, 0.1) is 56.7 Å². The van der Waals surface area contributed by atoms with Gasteiger partial charge in [0.2, 0.25) is 0 Å². The largest absolute Gasteiger partial charge is 0.264 e. The highest BCUT2D eigenvalue weighted by Crippen LogP contribution is 2.44. The number of aromatic nitrogens is 2. The Bertz CT molecular complexity index is 2570. The number of para-hydroxylation sites is 2. The first kappa shape index (κ1) is 30.5. The number of pyridine rings is 2. The highest BCUT2D eigenvalue weighted by molar-refractivity contribution is 7.93. The number of anilines is 2. The summed E-state index contributed by atoms with van der Waals surface area (Å²) in [6.07, 6.45) is 0. The van der Waals surface area contributed by atoms with Crippen LogP contribution >= 0.6 is 0 Å². The maximum Gasteiger partial charge on any atom is 0.264 e. The first-order chi connectivity index (χ1) is 24.1. The van der Waals surface area contributed by atoms with E-state index in [-0.39, 0.29) is 22.9 Å². The van der Waals surface area contributed by atoms with Crippen molar-refractivity contribution in [2.75, 3.05) is 8.61 Å². The van der Waals surface area contributed by atoms with E-state index in [1.807, 2.05) is 111 Å². The van der Waals surface area contributed by atoms with Crippen LogP contribution in [0.15, 0.2) is 131 Å². The van der Waals surface area contributed by atoms with Crippen LogP contribution < -0.4 is 8.61 Å². The van der Waals surface area contributed by atoms with Crippen molar-refractivity contribution in [2.45, 2.75) is 36.7 Å². The lowest BCUT2D eigenvalue weighted by molar-refractivity contribution is 0.588. The Balaban J connectivity index is 1.17. The number of aryl methyl sites for hydroxylation is 2. The van der Waals surface area contributed by atoms with E-state index in [1.54, 1.807) is 24.3 Å². The Hall–Kier alpha value is -5.58. The van der Waals surface area contributed by atoms with Gasteiger partial charge < -0.3 is 0 Å². The summed E-state index contributed by atoms with van der Waals surface area (Å²) in [7, 11) is -7.70. The fraction of sp³-hybridized carbons (Fsp3) is 0.100. The Labute approximate surface area is 290 Å². The molecule has 0 N–H and O–H groups in total. The van der Waals surface area contributed by atoms with Crippen LogP contribution in [0.2, 0.25) is 0 Å². The molecule has 0 saturated carbocycles. The van der Waals surface area contributed by atoms with Gasteiger partial charge in [0, 0.05) is 21.9 Å². The molecule has 10 heteroatoms. The number of benzene rings is 5. The second-order valence-electron chi connectivity index (χ2n) is 12.9. The van der Waals surface area contributed by atoms with Gasteiger partial charge in [0.15, 0.2) is 0 Å². The van der Waals surface area contributed by atoms with Gasteiger partial charge in [-0.05, 0) is 85.6 Å². The van der Waals surface area contributed by atoms with E-state index in [4.69, 9.17) is 9.97 Å². The zero-order valence-electron chi connectivity index (χ0n) is 27.2. The molecule has 0 amide bonds. The van der Waals surface area contributed by atoms with Crippen molar-refractivity contribution < 1.29 is 16.8 Å². The first-order valence-corrected chi connectivity index (χ1v) is 19.1. The van der Waals surface area contributed by atoms with Crippen LogP contribution in [0.4, 0.5) is 11.4 Å². The highest BCUT2D eigenvalue weighted by Gasteiger charge is 2.34. The highest BCUT2D eigenvalue weighted by atomic mass is 32.2. The standard InChI is InChI=1S/C40H30N4O4S2/c1-25-11-15-31(16-12-25)49(45,46)43-23-29-19-27-21-36-28(22-35(27)41-39(29)33-7-3-5-9-37(33)43)20-30-24-44(38-10-6-4-8-34(38)40(30)42-36)50(47,48)32-17-13-26(2)14-18-32/h3-22H,23-24H2,1-2H3. The molecule has 0 radical (unpaired) electrons. The number of rotatable bonds is 4. The van der Waals surface area contributed by atoms with Gasteiger partial charge in [0.25, 0.3) is 20.0 Å². The van der Waals surface area contributed by atoms with E-state index in [1.165, 1.54) is 8.61 Å². The summed E-state index contributed by atoms with van der Waals surface area (Å²) >= 11 is 0. The molecule has 50 heavy (non-hydrogen) atoms. The molecule has 2 aliphatic heterocycles. The number of fused-ring (bicyclic) bond motifs is 8. The average Bonchev–Trinajstić information content (AvgIpc) is 3.12. The molecule has 0 spiro atoms. The summed E-state index contributed by atoms with van der Waals surface area (Å²) < 4.78 is 58.8. The number of hydrogen-bond acceptors (Lipinski definition) is 6. The Morgan fingerprint density at radius 1 is 0.500 bits per heavy atom. The van der Waals surface area contributed by atoms with Gasteiger partial charge in [-0.1, -0.05) is 71.8 Å². The third-order valence-electron chi connectivity index (χ3n) is 9.61. The van der Waals surface area contributed by atoms with Crippen LogP contribution in [0.5, 0.6) is 0 Å². The molecule has 0 bridgehead atoms. The van der Waals surface area contributed by atoms with E-state index in [0.717, 1.165) is 66.6 Å². The lowest BCUT2D eigenvalue weighted by atomic mass is 9.96. The van der Waals surface area contributed by atoms with Crippen molar-refractivity contribution in [1.29, 1.82) is 0 Å². The lowest BCUT2D eigenvalue weighted by Crippen LogP contribution is -2.33. The molecule has 5 aromatic carbocycles. The van der Waals surface area contributed by atoms with Gasteiger partial charge in [-0.3, -0.25) is 8.61 Å². The molecule has 0 fully saturated rings. The molecule has 0 aliphatic carbocycles. The molecule has 2 aliphatic rings. The van der Waals surface area contributed by atoms with Gasteiger partial charge in [0.1, 0.15) is 0 Å². The third-order valence-corrected chi connectivity index (χ3v) is 13.2. The molecule has 0 unspecified atom stereocenters. The Morgan fingerprint density at radius 2 is 0.880 bits per heavy atom. The van der Waals surface area contributed by atoms with Crippen molar-refractivity contribution in [3.63, 3.8) is 0 Å². The van der Waals surface area contributed by atoms with E-state index in [2.05, 4.69) is 0 Å². The van der Waals surface area contributed by atoms with E-state index < -0.39 is 20.0 Å². The molecular weight excluding hydrogens is 665 g/mol. The van der Waals surface area contributed by atoms with Crippen molar-refractivity contribution in [1.82, 2.24) is 9.97 Å². The monoisotopic (exact) mass is 694 g/mol. The minimum absolute atomic E-state index is 0.139. The zero-order chi connectivity index (χ0) is 34.4. The second kappa shape index (κ2) is 11.0. The lowest BCUT2D eigenvalue weighted by Gasteiger charge is -2.32. The first-order valence-electron chi connectivity index (χ1n) is 16.2. The summed E-state index contributed by atoms with van der Waals surface area (Å²) in [4.78, 5) is 10.7. The molecular formula is C40H30N4O4S2. The molecule has 246 valence electrons. The topological polar surface area (TPSA) is 101 Å². The Kier molecular flexibility index (Phi) is 6.68. The van der Waals surface area contributed by atoms with E-state index in [0.29, 0.717) is 11.4 Å². The van der Waals surface area contributed by atoms with Gasteiger partial charge in [-0.25, -0.2) is 26.8 Å². The van der Waals surface area contributed by atoms with Gasteiger partial charge in [-0.2, -0.15) is 0 Å². The second-order valence-corrected chi connectivity index (χ2v) is 16.6. The zero-order valence-corrected chi connectivity index (χ0v) is 28.8. The smallest absolute Gasteiger partial charge is 0.261 e. The van der Waals surface area contributed by atoms with Crippen LogP contribution in [-0.2, 0) is 33.1 Å². The SMILES string of the molecule is Cc1ccc(S(=O)(=O)N2Cc3cc4cc5nc6c(cc5cc4nc3-c3ccccc32)CN(S(=O)(=O)c2ccc(C)cc2)c2ccccc2-6)cc1. The molecule has 0 atom stereocenters. The van der Waals surface area contributed by atoms with Crippen LogP contribution in [0.1, 0.15) is 22.3 Å². The molecule has 9 rings (SSSR count). The molecule has 4 heterocycles. The van der Waals surface area contributed by atoms with Crippen LogP contribution in [-0.4, -0.2) is 26.8 Å².